The summed E-state index contributed by atoms with van der Waals surface area (Å²) in [6.07, 6.45) is 3.18. The lowest BCUT2D eigenvalue weighted by atomic mass is 10.1. The van der Waals surface area contributed by atoms with Gasteiger partial charge in [-0.1, -0.05) is 0 Å². The van der Waals surface area contributed by atoms with Crippen molar-refractivity contribution >= 4 is 22.8 Å². The van der Waals surface area contributed by atoms with Crippen molar-refractivity contribution in [2.45, 2.75) is 26.3 Å². The predicted molar refractivity (Wildman–Crippen MR) is 107 cm³/mol. The van der Waals surface area contributed by atoms with Gasteiger partial charge in [0.05, 0.1) is 23.6 Å². The van der Waals surface area contributed by atoms with Crippen molar-refractivity contribution in [3.05, 3.63) is 55.0 Å². The summed E-state index contributed by atoms with van der Waals surface area (Å²) in [6, 6.07) is 12.3. The SMILES string of the molecule is CC(C)(C)NC(=O)Nc1ccc2nc(-c3ccco3)c(-c3ccco3)nc2c1. The Kier molecular flexibility index (Phi) is 4.35. The fourth-order valence-corrected chi connectivity index (χ4v) is 2.81. The maximum absolute atomic E-state index is 12.1. The van der Waals surface area contributed by atoms with Gasteiger partial charge < -0.3 is 19.5 Å². The number of hydrogen-bond donors (Lipinski definition) is 2. The first-order valence-electron chi connectivity index (χ1n) is 8.88. The van der Waals surface area contributed by atoms with Gasteiger partial charge in [0.15, 0.2) is 11.5 Å². The first-order chi connectivity index (χ1) is 13.4. The molecule has 1 aromatic carbocycles. The number of carbonyl (C=O) groups is 1. The second kappa shape index (κ2) is 6.84. The number of furan rings is 2. The van der Waals surface area contributed by atoms with E-state index in [0.717, 1.165) is 0 Å². The van der Waals surface area contributed by atoms with Gasteiger partial charge in [-0.2, -0.15) is 0 Å². The van der Waals surface area contributed by atoms with Crippen LogP contribution in [0.5, 0.6) is 0 Å². The van der Waals surface area contributed by atoms with Crippen molar-refractivity contribution in [1.82, 2.24) is 15.3 Å². The Morgan fingerprint density at radius 2 is 1.50 bits per heavy atom. The molecule has 0 spiro atoms. The lowest BCUT2D eigenvalue weighted by Crippen LogP contribution is -2.43. The van der Waals surface area contributed by atoms with Gasteiger partial charge in [0.2, 0.25) is 0 Å². The van der Waals surface area contributed by atoms with E-state index in [1.165, 1.54) is 0 Å². The highest BCUT2D eigenvalue weighted by molar-refractivity contribution is 5.93. The van der Waals surface area contributed by atoms with Crippen LogP contribution >= 0.6 is 0 Å². The van der Waals surface area contributed by atoms with Gasteiger partial charge in [-0.25, -0.2) is 14.8 Å². The van der Waals surface area contributed by atoms with Crippen LogP contribution in [0.2, 0.25) is 0 Å². The smallest absolute Gasteiger partial charge is 0.319 e. The molecular weight excluding hydrogens is 356 g/mol. The Morgan fingerprint density at radius 3 is 2.04 bits per heavy atom. The van der Waals surface area contributed by atoms with Gasteiger partial charge in [-0.3, -0.25) is 0 Å². The number of carbonyl (C=O) groups excluding carboxylic acids is 1. The van der Waals surface area contributed by atoms with Crippen LogP contribution in [-0.4, -0.2) is 21.5 Å². The summed E-state index contributed by atoms with van der Waals surface area (Å²) in [4.78, 5) is 21.6. The van der Waals surface area contributed by atoms with Crippen molar-refractivity contribution in [2.24, 2.45) is 0 Å². The average molecular weight is 376 g/mol. The van der Waals surface area contributed by atoms with Crippen molar-refractivity contribution in [1.29, 1.82) is 0 Å². The van der Waals surface area contributed by atoms with Gasteiger partial charge in [0, 0.05) is 11.2 Å². The quantitative estimate of drug-likeness (QED) is 0.521. The normalized spacial score (nSPS) is 11.5. The van der Waals surface area contributed by atoms with Crippen LogP contribution in [0.4, 0.5) is 10.5 Å². The third-order valence-corrected chi connectivity index (χ3v) is 3.92. The highest BCUT2D eigenvalue weighted by atomic mass is 16.3. The monoisotopic (exact) mass is 376 g/mol. The van der Waals surface area contributed by atoms with E-state index in [2.05, 4.69) is 10.6 Å². The minimum Gasteiger partial charge on any atom is -0.463 e. The van der Waals surface area contributed by atoms with Crippen LogP contribution in [0.25, 0.3) is 33.9 Å². The second-order valence-electron chi connectivity index (χ2n) is 7.41. The predicted octanol–water partition coefficient (Wildman–Crippen LogP) is 5.07. The molecule has 4 rings (SSSR count). The van der Waals surface area contributed by atoms with Crippen LogP contribution in [0.3, 0.4) is 0 Å². The molecule has 3 aromatic heterocycles. The Labute approximate surface area is 161 Å². The van der Waals surface area contributed by atoms with E-state index in [1.54, 1.807) is 36.8 Å². The number of aromatic nitrogens is 2. The van der Waals surface area contributed by atoms with Crippen LogP contribution < -0.4 is 10.6 Å². The van der Waals surface area contributed by atoms with E-state index in [4.69, 9.17) is 18.8 Å². The standard InChI is InChI=1S/C21H20N4O3/c1-21(2,3)25-20(26)22-13-8-9-14-15(12-13)24-19(17-7-5-11-28-17)18(23-14)16-6-4-10-27-16/h4-12H,1-3H3,(H2,22,25,26). The molecule has 2 N–H and O–H groups in total. The molecule has 7 heteroatoms. The summed E-state index contributed by atoms with van der Waals surface area (Å²) < 4.78 is 11.1. The fraction of sp³-hybridized carbons (Fsp3) is 0.190. The number of nitrogens with one attached hydrogen (secondary N) is 2. The van der Waals surface area contributed by atoms with Gasteiger partial charge in [-0.05, 0) is 63.2 Å². The number of benzene rings is 1. The molecule has 0 unspecified atom stereocenters. The van der Waals surface area contributed by atoms with Crippen molar-refractivity contribution in [2.75, 3.05) is 5.32 Å². The Balaban J connectivity index is 1.75. The second-order valence-corrected chi connectivity index (χ2v) is 7.41. The van der Waals surface area contributed by atoms with Crippen molar-refractivity contribution in [3.8, 4) is 22.9 Å². The number of urea groups is 1. The zero-order chi connectivity index (χ0) is 19.7. The van der Waals surface area contributed by atoms with E-state index in [0.29, 0.717) is 39.6 Å². The topological polar surface area (TPSA) is 93.2 Å². The zero-order valence-electron chi connectivity index (χ0n) is 15.8. The first kappa shape index (κ1) is 17.8. The highest BCUT2D eigenvalue weighted by Crippen LogP contribution is 2.32. The Hall–Kier alpha value is -3.61. The van der Waals surface area contributed by atoms with Crippen LogP contribution in [0.15, 0.2) is 63.8 Å². The molecule has 0 saturated heterocycles. The Bertz CT molecular complexity index is 1110. The third kappa shape index (κ3) is 3.73. The molecule has 0 aliphatic rings. The molecule has 0 fully saturated rings. The number of nitrogens with zero attached hydrogens (tertiary/aromatic N) is 2. The number of rotatable bonds is 3. The molecular formula is C21H20N4O3. The number of anilines is 1. The van der Waals surface area contributed by atoms with Crippen molar-refractivity contribution < 1.29 is 13.6 Å². The highest BCUT2D eigenvalue weighted by Gasteiger charge is 2.18. The van der Waals surface area contributed by atoms with Crippen LogP contribution in [-0.2, 0) is 0 Å². The third-order valence-electron chi connectivity index (χ3n) is 3.92. The molecule has 0 aliphatic carbocycles. The summed E-state index contributed by atoms with van der Waals surface area (Å²) in [5.41, 5.74) is 2.78. The molecule has 0 aliphatic heterocycles. The Morgan fingerprint density at radius 1 is 0.893 bits per heavy atom. The molecule has 2 amide bonds. The number of hydrogen-bond acceptors (Lipinski definition) is 5. The molecule has 3 heterocycles. The molecule has 4 aromatic rings. The lowest BCUT2D eigenvalue weighted by molar-refractivity contribution is 0.244. The van der Waals surface area contributed by atoms with Gasteiger partial charge in [0.25, 0.3) is 0 Å². The molecule has 7 nitrogen and oxygen atoms in total. The zero-order valence-corrected chi connectivity index (χ0v) is 15.8. The van der Waals surface area contributed by atoms with Gasteiger partial charge >= 0.3 is 6.03 Å². The molecule has 0 radical (unpaired) electrons. The minimum absolute atomic E-state index is 0.279. The molecule has 0 saturated carbocycles. The van der Waals surface area contributed by atoms with Crippen LogP contribution in [0.1, 0.15) is 20.8 Å². The van der Waals surface area contributed by atoms with Gasteiger partial charge in [0.1, 0.15) is 11.4 Å². The van der Waals surface area contributed by atoms with E-state index >= 15 is 0 Å². The largest absolute Gasteiger partial charge is 0.463 e. The minimum atomic E-state index is -0.328. The van der Waals surface area contributed by atoms with Crippen LogP contribution in [0, 0.1) is 0 Å². The number of fused-ring (bicyclic) bond motifs is 1. The molecule has 28 heavy (non-hydrogen) atoms. The van der Waals surface area contributed by atoms with Gasteiger partial charge in [-0.15, -0.1) is 0 Å². The lowest BCUT2D eigenvalue weighted by Gasteiger charge is -2.20. The maximum Gasteiger partial charge on any atom is 0.319 e. The van der Waals surface area contributed by atoms with Crippen molar-refractivity contribution in [3.63, 3.8) is 0 Å². The fourth-order valence-electron chi connectivity index (χ4n) is 2.81. The van der Waals surface area contributed by atoms with E-state index in [9.17, 15) is 4.79 Å². The molecule has 0 atom stereocenters. The summed E-state index contributed by atoms with van der Waals surface area (Å²) in [5.74, 6) is 1.19. The van der Waals surface area contributed by atoms with E-state index in [1.807, 2.05) is 39.0 Å². The maximum atomic E-state index is 12.1. The number of amides is 2. The summed E-state index contributed by atoms with van der Waals surface area (Å²) in [7, 11) is 0. The van der Waals surface area contributed by atoms with E-state index < -0.39 is 0 Å². The van der Waals surface area contributed by atoms with E-state index in [-0.39, 0.29) is 11.6 Å². The summed E-state index contributed by atoms with van der Waals surface area (Å²) >= 11 is 0. The first-order valence-corrected chi connectivity index (χ1v) is 8.88. The molecule has 0 bridgehead atoms. The summed E-state index contributed by atoms with van der Waals surface area (Å²) in [5, 5.41) is 5.69. The average Bonchev–Trinajstić information content (AvgIpc) is 3.32. The molecule has 142 valence electrons. The summed E-state index contributed by atoms with van der Waals surface area (Å²) in [6.45, 7) is 5.76.